The standard InChI is InChI=1S/C11H18O6/c1-4-8(12)7-11(15,16-9(13)5-2)17-10(14)6-3/h7,12,15H,4-6H2,1-3H3/b8-7-. The first-order valence-corrected chi connectivity index (χ1v) is 5.43. The molecular weight excluding hydrogens is 228 g/mol. The van der Waals surface area contributed by atoms with Crippen molar-refractivity contribution >= 4 is 11.9 Å². The van der Waals surface area contributed by atoms with Crippen LogP contribution in [0.2, 0.25) is 0 Å². The Balaban J connectivity index is 4.92. The summed E-state index contributed by atoms with van der Waals surface area (Å²) in [6.45, 7) is 4.66. The number of allylic oxidation sites excluding steroid dienone is 1. The lowest BCUT2D eigenvalue weighted by Gasteiger charge is -2.23. The highest BCUT2D eigenvalue weighted by Gasteiger charge is 2.34. The van der Waals surface area contributed by atoms with Crippen LogP contribution >= 0.6 is 0 Å². The maximum absolute atomic E-state index is 11.1. The summed E-state index contributed by atoms with van der Waals surface area (Å²) in [6.07, 6.45) is 1.00. The number of hydrogen-bond acceptors (Lipinski definition) is 6. The minimum Gasteiger partial charge on any atom is -0.512 e. The molecule has 0 amide bonds. The Labute approximate surface area is 99.8 Å². The van der Waals surface area contributed by atoms with Gasteiger partial charge < -0.3 is 19.7 Å². The predicted molar refractivity (Wildman–Crippen MR) is 58.7 cm³/mol. The zero-order chi connectivity index (χ0) is 13.5. The van der Waals surface area contributed by atoms with Crippen molar-refractivity contribution in [2.45, 2.75) is 46.0 Å². The van der Waals surface area contributed by atoms with Gasteiger partial charge in [0.1, 0.15) is 0 Å². The quantitative estimate of drug-likeness (QED) is 0.418. The molecule has 2 N–H and O–H groups in total. The molecule has 0 aliphatic carbocycles. The van der Waals surface area contributed by atoms with Crippen LogP contribution in [0.15, 0.2) is 11.8 Å². The van der Waals surface area contributed by atoms with Crippen molar-refractivity contribution in [2.24, 2.45) is 0 Å². The van der Waals surface area contributed by atoms with E-state index < -0.39 is 17.9 Å². The molecule has 6 heteroatoms. The van der Waals surface area contributed by atoms with E-state index in [1.54, 1.807) is 6.92 Å². The summed E-state index contributed by atoms with van der Waals surface area (Å²) in [4.78, 5) is 22.2. The SMILES string of the molecule is CCC(=O)OC(O)(/C=C(\O)CC)OC(=O)CC. The number of aliphatic hydroxyl groups is 2. The number of carbonyl (C=O) groups excluding carboxylic acids is 2. The zero-order valence-electron chi connectivity index (χ0n) is 10.2. The van der Waals surface area contributed by atoms with Crippen molar-refractivity contribution < 1.29 is 29.3 Å². The van der Waals surface area contributed by atoms with Gasteiger partial charge in [0.15, 0.2) is 0 Å². The normalized spacial score (nSPS) is 12.1. The van der Waals surface area contributed by atoms with Crippen LogP contribution in [0.5, 0.6) is 0 Å². The van der Waals surface area contributed by atoms with Crippen molar-refractivity contribution in [3.63, 3.8) is 0 Å². The summed E-state index contributed by atoms with van der Waals surface area (Å²) < 4.78 is 9.14. The smallest absolute Gasteiger partial charge is 0.399 e. The molecule has 0 heterocycles. The maximum atomic E-state index is 11.1. The Kier molecular flexibility index (Phi) is 6.27. The van der Waals surface area contributed by atoms with Gasteiger partial charge in [-0.05, 0) is 0 Å². The molecular formula is C11H18O6. The second-order valence-electron chi connectivity index (χ2n) is 3.28. The fourth-order valence-electron chi connectivity index (χ4n) is 0.863. The number of aliphatic hydroxyl groups excluding tert-OH is 1. The Morgan fingerprint density at radius 3 is 1.76 bits per heavy atom. The minimum absolute atomic E-state index is 0.00666. The first-order valence-electron chi connectivity index (χ1n) is 5.43. The van der Waals surface area contributed by atoms with Crippen LogP contribution in [-0.4, -0.2) is 28.1 Å². The molecule has 0 aliphatic rings. The third-order valence-electron chi connectivity index (χ3n) is 1.81. The summed E-state index contributed by atoms with van der Waals surface area (Å²) in [5.41, 5.74) is 0. The lowest BCUT2D eigenvalue weighted by Crippen LogP contribution is -2.38. The number of carbonyl (C=O) groups is 2. The van der Waals surface area contributed by atoms with Gasteiger partial charge in [-0.2, -0.15) is 0 Å². The molecule has 0 atom stereocenters. The molecule has 98 valence electrons. The molecule has 0 aromatic rings. The van der Waals surface area contributed by atoms with Crippen molar-refractivity contribution in [3.8, 4) is 0 Å². The molecule has 0 aromatic carbocycles. The van der Waals surface area contributed by atoms with Crippen molar-refractivity contribution in [2.75, 3.05) is 0 Å². The topological polar surface area (TPSA) is 93.1 Å². The molecule has 0 fully saturated rings. The first kappa shape index (κ1) is 15.4. The fraction of sp³-hybridized carbons (Fsp3) is 0.636. The van der Waals surface area contributed by atoms with E-state index in [1.165, 1.54) is 13.8 Å². The Morgan fingerprint density at radius 2 is 1.47 bits per heavy atom. The van der Waals surface area contributed by atoms with Crippen LogP contribution in [0, 0.1) is 0 Å². The summed E-state index contributed by atoms with van der Waals surface area (Å²) >= 11 is 0. The molecule has 0 bridgehead atoms. The lowest BCUT2D eigenvalue weighted by molar-refractivity contribution is -0.296. The van der Waals surface area contributed by atoms with Gasteiger partial charge in [0.05, 0.1) is 11.8 Å². The average molecular weight is 246 g/mol. The zero-order valence-corrected chi connectivity index (χ0v) is 10.2. The van der Waals surface area contributed by atoms with Gasteiger partial charge in [0.25, 0.3) is 0 Å². The fourth-order valence-corrected chi connectivity index (χ4v) is 0.863. The largest absolute Gasteiger partial charge is 0.512 e. The molecule has 0 saturated carbocycles. The number of esters is 2. The van der Waals surface area contributed by atoms with Gasteiger partial charge >= 0.3 is 17.9 Å². The van der Waals surface area contributed by atoms with Crippen LogP contribution in [0.25, 0.3) is 0 Å². The highest BCUT2D eigenvalue weighted by atomic mass is 16.8. The van der Waals surface area contributed by atoms with E-state index in [4.69, 9.17) is 0 Å². The van der Waals surface area contributed by atoms with Gasteiger partial charge in [0, 0.05) is 19.3 Å². The predicted octanol–water partition coefficient (Wildman–Crippen LogP) is 1.39. The Hall–Kier alpha value is -1.56. The average Bonchev–Trinajstić information content (AvgIpc) is 2.27. The van der Waals surface area contributed by atoms with E-state index in [2.05, 4.69) is 9.47 Å². The highest BCUT2D eigenvalue weighted by Crippen LogP contribution is 2.16. The number of hydrogen-bond donors (Lipinski definition) is 2. The molecule has 0 radical (unpaired) electrons. The summed E-state index contributed by atoms with van der Waals surface area (Å²) in [6, 6.07) is 0. The number of ether oxygens (including phenoxy) is 2. The molecule has 0 aromatic heterocycles. The molecule has 0 saturated heterocycles. The van der Waals surface area contributed by atoms with Crippen molar-refractivity contribution in [1.29, 1.82) is 0 Å². The molecule has 0 unspecified atom stereocenters. The van der Waals surface area contributed by atoms with E-state index in [-0.39, 0.29) is 25.0 Å². The first-order chi connectivity index (χ1) is 7.86. The third-order valence-corrected chi connectivity index (χ3v) is 1.81. The van der Waals surface area contributed by atoms with E-state index in [0.29, 0.717) is 0 Å². The highest BCUT2D eigenvalue weighted by molar-refractivity contribution is 5.71. The van der Waals surface area contributed by atoms with Crippen LogP contribution in [0.1, 0.15) is 40.0 Å². The van der Waals surface area contributed by atoms with Crippen LogP contribution < -0.4 is 0 Å². The summed E-state index contributed by atoms with van der Waals surface area (Å²) in [5, 5.41) is 19.1. The van der Waals surface area contributed by atoms with Crippen LogP contribution in [-0.2, 0) is 19.1 Å². The maximum Gasteiger partial charge on any atom is 0.399 e. The van der Waals surface area contributed by atoms with Gasteiger partial charge in [-0.1, -0.05) is 20.8 Å². The van der Waals surface area contributed by atoms with Gasteiger partial charge in [-0.15, -0.1) is 0 Å². The van der Waals surface area contributed by atoms with E-state index in [1.807, 2.05) is 0 Å². The van der Waals surface area contributed by atoms with Crippen molar-refractivity contribution in [3.05, 3.63) is 11.8 Å². The van der Waals surface area contributed by atoms with Gasteiger partial charge in [-0.3, -0.25) is 9.59 Å². The molecule has 0 spiro atoms. The van der Waals surface area contributed by atoms with E-state index in [0.717, 1.165) is 6.08 Å². The molecule has 17 heavy (non-hydrogen) atoms. The minimum atomic E-state index is -2.54. The lowest BCUT2D eigenvalue weighted by atomic mass is 10.3. The Morgan fingerprint density at radius 1 is 1.06 bits per heavy atom. The molecule has 0 rings (SSSR count). The van der Waals surface area contributed by atoms with Crippen LogP contribution in [0.3, 0.4) is 0 Å². The van der Waals surface area contributed by atoms with Crippen LogP contribution in [0.4, 0.5) is 0 Å². The van der Waals surface area contributed by atoms with Gasteiger partial charge in [0.2, 0.25) is 0 Å². The second-order valence-corrected chi connectivity index (χ2v) is 3.28. The monoisotopic (exact) mass is 246 g/mol. The molecule has 6 nitrogen and oxygen atoms in total. The second kappa shape index (κ2) is 6.90. The number of rotatable bonds is 6. The third kappa shape index (κ3) is 5.91. The summed E-state index contributed by atoms with van der Waals surface area (Å²) in [7, 11) is 0. The van der Waals surface area contributed by atoms with E-state index >= 15 is 0 Å². The van der Waals surface area contributed by atoms with Gasteiger partial charge in [-0.25, -0.2) is 0 Å². The van der Waals surface area contributed by atoms with Crippen molar-refractivity contribution in [1.82, 2.24) is 0 Å². The molecule has 0 aliphatic heterocycles. The summed E-state index contributed by atoms with van der Waals surface area (Å²) in [5.74, 6) is -4.30. The van der Waals surface area contributed by atoms with E-state index in [9.17, 15) is 19.8 Å². The Bertz CT molecular complexity index is 289.